The van der Waals surface area contributed by atoms with Crippen molar-refractivity contribution in [2.75, 3.05) is 11.3 Å². The molecule has 6 nitrogen and oxygen atoms in total. The van der Waals surface area contributed by atoms with E-state index < -0.39 is 10.0 Å². The number of hydrogen-bond donors (Lipinski definition) is 3. The van der Waals surface area contributed by atoms with Crippen LogP contribution < -0.4 is 15.8 Å². The number of halogens is 1. The van der Waals surface area contributed by atoms with E-state index in [2.05, 4.69) is 10.0 Å². The Morgan fingerprint density at radius 3 is 2.62 bits per heavy atom. The highest BCUT2D eigenvalue weighted by Gasteiger charge is 2.19. The van der Waals surface area contributed by atoms with E-state index in [0.29, 0.717) is 29.2 Å². The first-order valence-electron chi connectivity index (χ1n) is 8.12. The third-order valence-corrected chi connectivity index (χ3v) is 5.46. The topological polar surface area (TPSA) is 101 Å². The van der Waals surface area contributed by atoms with Gasteiger partial charge in [0.1, 0.15) is 0 Å². The second kappa shape index (κ2) is 8.53. The van der Waals surface area contributed by atoms with Gasteiger partial charge in [0.2, 0.25) is 0 Å². The maximum absolute atomic E-state index is 12.7. The SMILES string of the molecule is Cc1ccc(C(=O)NCCC(C)N)cc1S(=O)(=O)Nc1cccc(Cl)c1. The highest BCUT2D eigenvalue weighted by Crippen LogP contribution is 2.22. The fraction of sp³-hybridized carbons (Fsp3) is 0.278. The van der Waals surface area contributed by atoms with Crippen LogP contribution in [0.25, 0.3) is 0 Å². The molecule has 0 aliphatic heterocycles. The maximum Gasteiger partial charge on any atom is 0.262 e. The molecule has 0 bridgehead atoms. The van der Waals surface area contributed by atoms with Gasteiger partial charge >= 0.3 is 0 Å². The van der Waals surface area contributed by atoms with Crippen LogP contribution in [-0.2, 0) is 10.0 Å². The molecule has 0 saturated carbocycles. The lowest BCUT2D eigenvalue weighted by Gasteiger charge is -2.13. The van der Waals surface area contributed by atoms with E-state index in [0.717, 1.165) is 0 Å². The van der Waals surface area contributed by atoms with Crippen LogP contribution in [0.4, 0.5) is 5.69 Å². The average Bonchev–Trinajstić information content (AvgIpc) is 2.54. The Morgan fingerprint density at radius 1 is 1.23 bits per heavy atom. The summed E-state index contributed by atoms with van der Waals surface area (Å²) in [5, 5.41) is 3.15. The lowest BCUT2D eigenvalue weighted by atomic mass is 10.1. The van der Waals surface area contributed by atoms with Crippen molar-refractivity contribution in [1.29, 1.82) is 0 Å². The first-order valence-corrected chi connectivity index (χ1v) is 9.98. The Balaban J connectivity index is 2.24. The number of aryl methyl sites for hydroxylation is 1. The molecule has 26 heavy (non-hydrogen) atoms. The molecular weight excluding hydrogens is 374 g/mol. The minimum absolute atomic E-state index is 0.0221. The van der Waals surface area contributed by atoms with Crippen LogP contribution in [0.2, 0.25) is 5.02 Å². The van der Waals surface area contributed by atoms with E-state index in [9.17, 15) is 13.2 Å². The van der Waals surface area contributed by atoms with Crippen molar-refractivity contribution < 1.29 is 13.2 Å². The van der Waals surface area contributed by atoms with Gasteiger partial charge in [-0.3, -0.25) is 9.52 Å². The first-order chi connectivity index (χ1) is 12.2. The summed E-state index contributed by atoms with van der Waals surface area (Å²) in [4.78, 5) is 12.3. The summed E-state index contributed by atoms with van der Waals surface area (Å²) >= 11 is 5.89. The maximum atomic E-state index is 12.7. The molecule has 1 amide bonds. The minimum Gasteiger partial charge on any atom is -0.352 e. The minimum atomic E-state index is -3.86. The van der Waals surface area contributed by atoms with E-state index in [1.54, 1.807) is 37.3 Å². The standard InChI is InChI=1S/C18H22ClN3O3S/c1-12-6-7-14(18(23)21-9-8-13(2)20)10-17(12)26(24,25)22-16-5-3-4-15(19)11-16/h3-7,10-11,13,22H,8-9,20H2,1-2H3,(H,21,23). The number of amides is 1. The number of carbonyl (C=O) groups is 1. The Bertz CT molecular complexity index is 898. The Morgan fingerprint density at radius 2 is 1.96 bits per heavy atom. The second-order valence-electron chi connectivity index (χ2n) is 6.12. The lowest BCUT2D eigenvalue weighted by Crippen LogP contribution is -2.29. The fourth-order valence-electron chi connectivity index (χ4n) is 2.31. The number of nitrogens with two attached hydrogens (primary N) is 1. The summed E-state index contributed by atoms with van der Waals surface area (Å²) in [6.07, 6.45) is 0.638. The summed E-state index contributed by atoms with van der Waals surface area (Å²) in [5.41, 5.74) is 6.81. The molecule has 0 fully saturated rings. The second-order valence-corrected chi connectivity index (χ2v) is 8.21. The normalized spacial score (nSPS) is 12.5. The fourth-order valence-corrected chi connectivity index (χ4v) is 3.82. The Hall–Kier alpha value is -2.09. The molecule has 0 aliphatic rings. The number of rotatable bonds is 7. The predicted molar refractivity (Wildman–Crippen MR) is 104 cm³/mol. The molecule has 0 spiro atoms. The molecule has 140 valence electrons. The van der Waals surface area contributed by atoms with Crippen molar-refractivity contribution in [1.82, 2.24) is 5.32 Å². The van der Waals surface area contributed by atoms with Crippen LogP contribution in [0.15, 0.2) is 47.4 Å². The molecule has 1 unspecified atom stereocenters. The summed E-state index contributed by atoms with van der Waals surface area (Å²) in [6, 6.07) is 11.0. The van der Waals surface area contributed by atoms with Gasteiger partial charge in [-0.05, 0) is 56.2 Å². The molecule has 8 heteroatoms. The highest BCUT2D eigenvalue weighted by atomic mass is 35.5. The number of hydrogen-bond acceptors (Lipinski definition) is 4. The van der Waals surface area contributed by atoms with E-state index in [4.69, 9.17) is 17.3 Å². The summed E-state index contributed by atoms with van der Waals surface area (Å²) in [7, 11) is -3.86. The molecule has 0 heterocycles. The van der Waals surface area contributed by atoms with Gasteiger partial charge < -0.3 is 11.1 Å². The first kappa shape index (κ1) is 20.2. The Kier molecular flexibility index (Phi) is 6.63. The van der Waals surface area contributed by atoms with Crippen molar-refractivity contribution in [3.8, 4) is 0 Å². The van der Waals surface area contributed by atoms with Crippen LogP contribution in [0.5, 0.6) is 0 Å². The smallest absolute Gasteiger partial charge is 0.262 e. The van der Waals surface area contributed by atoms with Gasteiger partial charge in [0.25, 0.3) is 15.9 Å². The zero-order valence-corrected chi connectivity index (χ0v) is 16.2. The van der Waals surface area contributed by atoms with Gasteiger partial charge in [-0.15, -0.1) is 0 Å². The lowest BCUT2D eigenvalue weighted by molar-refractivity contribution is 0.0952. The molecule has 2 aromatic carbocycles. The van der Waals surface area contributed by atoms with E-state index in [-0.39, 0.29) is 22.4 Å². The van der Waals surface area contributed by atoms with Crippen molar-refractivity contribution in [3.05, 3.63) is 58.6 Å². The predicted octanol–water partition coefficient (Wildman–Crippen LogP) is 2.92. The van der Waals surface area contributed by atoms with Crippen LogP contribution >= 0.6 is 11.6 Å². The van der Waals surface area contributed by atoms with Gasteiger partial charge in [-0.25, -0.2) is 8.42 Å². The van der Waals surface area contributed by atoms with Gasteiger partial charge in [0, 0.05) is 23.2 Å². The number of sulfonamides is 1. The van der Waals surface area contributed by atoms with Gasteiger partial charge in [0.15, 0.2) is 0 Å². The summed E-state index contributed by atoms with van der Waals surface area (Å²) in [5.74, 6) is -0.343. The molecule has 2 rings (SSSR count). The zero-order valence-electron chi connectivity index (χ0n) is 14.6. The van der Waals surface area contributed by atoms with Crippen LogP contribution in [0, 0.1) is 6.92 Å². The number of benzene rings is 2. The van der Waals surface area contributed by atoms with Gasteiger partial charge in [-0.1, -0.05) is 23.7 Å². The Labute approximate surface area is 158 Å². The molecule has 0 aliphatic carbocycles. The molecular formula is C18H22ClN3O3S. The third kappa shape index (κ3) is 5.45. The van der Waals surface area contributed by atoms with Crippen molar-refractivity contribution >= 4 is 33.2 Å². The van der Waals surface area contributed by atoms with Crippen LogP contribution in [-0.4, -0.2) is 26.9 Å². The molecule has 0 radical (unpaired) electrons. The summed E-state index contributed by atoms with van der Waals surface area (Å²) in [6.45, 7) is 3.95. The molecule has 0 aromatic heterocycles. The van der Waals surface area contributed by atoms with Gasteiger partial charge in [-0.2, -0.15) is 0 Å². The zero-order chi connectivity index (χ0) is 19.3. The molecule has 4 N–H and O–H groups in total. The van der Waals surface area contributed by atoms with E-state index in [1.807, 2.05) is 6.92 Å². The molecule has 2 aromatic rings. The number of anilines is 1. The van der Waals surface area contributed by atoms with E-state index >= 15 is 0 Å². The van der Waals surface area contributed by atoms with Crippen molar-refractivity contribution in [3.63, 3.8) is 0 Å². The highest BCUT2D eigenvalue weighted by molar-refractivity contribution is 7.92. The number of carbonyl (C=O) groups excluding carboxylic acids is 1. The van der Waals surface area contributed by atoms with Gasteiger partial charge in [0.05, 0.1) is 10.6 Å². The van der Waals surface area contributed by atoms with Crippen LogP contribution in [0.1, 0.15) is 29.3 Å². The molecule has 1 atom stereocenters. The average molecular weight is 396 g/mol. The number of nitrogens with one attached hydrogen (secondary N) is 2. The largest absolute Gasteiger partial charge is 0.352 e. The van der Waals surface area contributed by atoms with Crippen LogP contribution in [0.3, 0.4) is 0 Å². The van der Waals surface area contributed by atoms with E-state index in [1.165, 1.54) is 12.1 Å². The van der Waals surface area contributed by atoms with Crippen molar-refractivity contribution in [2.45, 2.75) is 31.2 Å². The monoisotopic (exact) mass is 395 g/mol. The molecule has 0 saturated heterocycles. The quantitative estimate of drug-likeness (QED) is 0.670. The van der Waals surface area contributed by atoms with Crippen molar-refractivity contribution in [2.24, 2.45) is 5.73 Å². The third-order valence-electron chi connectivity index (χ3n) is 3.70. The summed E-state index contributed by atoms with van der Waals surface area (Å²) < 4.78 is 27.9.